The largest absolute Gasteiger partial charge is 0.325 e. The predicted molar refractivity (Wildman–Crippen MR) is 62.6 cm³/mol. The number of hydrogen-bond acceptors (Lipinski definition) is 3. The highest BCUT2D eigenvalue weighted by molar-refractivity contribution is 6.39. The van der Waals surface area contributed by atoms with Crippen molar-refractivity contribution in [3.05, 3.63) is 0 Å². The number of rotatable bonds is 0. The molecule has 4 nitrogen and oxygen atoms in total. The molecular weight excluding hydrogens is 230 g/mol. The third-order valence-corrected chi connectivity index (χ3v) is 5.86. The van der Waals surface area contributed by atoms with Gasteiger partial charge in [-0.3, -0.25) is 14.4 Å². The van der Waals surface area contributed by atoms with Crippen molar-refractivity contribution in [2.45, 2.75) is 44.6 Å². The first-order valence-electron chi connectivity index (χ1n) is 7.03. The van der Waals surface area contributed by atoms with Crippen LogP contribution in [0.25, 0.3) is 0 Å². The van der Waals surface area contributed by atoms with Gasteiger partial charge < -0.3 is 4.90 Å². The summed E-state index contributed by atoms with van der Waals surface area (Å²) in [7, 11) is 0. The topological polar surface area (TPSA) is 54.5 Å². The number of nitrogens with zero attached hydrogens (tertiary/aromatic N) is 1. The molecule has 96 valence electrons. The highest BCUT2D eigenvalue weighted by Crippen LogP contribution is 2.58. The maximum absolute atomic E-state index is 12.5. The summed E-state index contributed by atoms with van der Waals surface area (Å²) in [6.07, 6.45) is 5.85. The smallest absolute Gasteiger partial charge is 0.291 e. The van der Waals surface area contributed by atoms with E-state index < -0.39 is 0 Å². The van der Waals surface area contributed by atoms with Gasteiger partial charge >= 0.3 is 0 Å². The van der Waals surface area contributed by atoms with Crippen LogP contribution in [-0.4, -0.2) is 35.0 Å². The molecule has 4 fully saturated rings. The molecule has 2 saturated heterocycles. The van der Waals surface area contributed by atoms with E-state index in [1.165, 1.54) is 0 Å². The molecule has 0 N–H and O–H groups in total. The van der Waals surface area contributed by atoms with Crippen molar-refractivity contribution in [2.75, 3.05) is 6.54 Å². The number of Topliss-reactive ketones (excluding diaryl/α,β-unsaturated/α-hetero) is 2. The van der Waals surface area contributed by atoms with E-state index in [9.17, 15) is 14.4 Å². The molecule has 0 unspecified atom stereocenters. The van der Waals surface area contributed by atoms with Crippen LogP contribution in [0, 0.1) is 17.3 Å². The third kappa shape index (κ3) is 1.01. The predicted octanol–water partition coefficient (Wildman–Crippen LogP) is 0.936. The van der Waals surface area contributed by atoms with Gasteiger partial charge in [-0.15, -0.1) is 0 Å². The van der Waals surface area contributed by atoms with Crippen LogP contribution in [0.15, 0.2) is 0 Å². The van der Waals surface area contributed by atoms with Crippen molar-refractivity contribution in [1.29, 1.82) is 0 Å². The fraction of sp³-hybridized carbons (Fsp3) is 0.786. The lowest BCUT2D eigenvalue weighted by Crippen LogP contribution is -2.62. The van der Waals surface area contributed by atoms with Gasteiger partial charge in [0.2, 0.25) is 5.78 Å². The fourth-order valence-electron chi connectivity index (χ4n) is 5.07. The zero-order valence-corrected chi connectivity index (χ0v) is 10.4. The molecule has 2 bridgehead atoms. The molecular formula is C14H17NO3. The summed E-state index contributed by atoms with van der Waals surface area (Å²) in [5.41, 5.74) is -0.180. The van der Waals surface area contributed by atoms with Gasteiger partial charge in [-0.2, -0.15) is 0 Å². The van der Waals surface area contributed by atoms with Crippen molar-refractivity contribution >= 4 is 17.5 Å². The van der Waals surface area contributed by atoms with Gasteiger partial charge in [0, 0.05) is 17.4 Å². The summed E-state index contributed by atoms with van der Waals surface area (Å²) in [5, 5.41) is 0. The van der Waals surface area contributed by atoms with Crippen molar-refractivity contribution in [3.8, 4) is 0 Å². The van der Waals surface area contributed by atoms with E-state index in [1.54, 1.807) is 4.90 Å². The Hall–Kier alpha value is -1.19. The Morgan fingerprint density at radius 3 is 2.72 bits per heavy atom. The molecule has 2 aliphatic heterocycles. The molecule has 2 heterocycles. The summed E-state index contributed by atoms with van der Waals surface area (Å²) < 4.78 is 0. The van der Waals surface area contributed by atoms with Crippen LogP contribution in [0.3, 0.4) is 0 Å². The van der Waals surface area contributed by atoms with Crippen molar-refractivity contribution in [2.24, 2.45) is 17.3 Å². The van der Waals surface area contributed by atoms with Gasteiger partial charge in [-0.1, -0.05) is 12.8 Å². The molecule has 4 atom stereocenters. The van der Waals surface area contributed by atoms with Gasteiger partial charge in [0.15, 0.2) is 5.78 Å². The highest BCUT2D eigenvalue weighted by Gasteiger charge is 2.65. The number of carbonyl (C=O) groups excluding carboxylic acids is 3. The molecule has 18 heavy (non-hydrogen) atoms. The quantitative estimate of drug-likeness (QED) is 0.598. The minimum absolute atomic E-state index is 0.0525. The van der Waals surface area contributed by atoms with Crippen LogP contribution >= 0.6 is 0 Å². The molecule has 4 rings (SSSR count). The Labute approximate surface area is 106 Å². The molecule has 1 amide bonds. The SMILES string of the molecule is O=C1C(=O)N2CC(=O)[C@@]34CCCC[C@@H]3[C@@H]2[C@@H]1CC4. The average Bonchev–Trinajstić information content (AvgIpc) is 2.65. The highest BCUT2D eigenvalue weighted by atomic mass is 16.2. The van der Waals surface area contributed by atoms with Crippen molar-refractivity contribution in [3.63, 3.8) is 0 Å². The minimum Gasteiger partial charge on any atom is -0.325 e. The Morgan fingerprint density at radius 2 is 1.89 bits per heavy atom. The lowest BCUT2D eigenvalue weighted by atomic mass is 9.52. The molecule has 2 saturated carbocycles. The summed E-state index contributed by atoms with van der Waals surface area (Å²) in [5.74, 6) is -0.235. The average molecular weight is 247 g/mol. The Kier molecular flexibility index (Phi) is 1.92. The van der Waals surface area contributed by atoms with E-state index in [0.717, 1.165) is 38.5 Å². The second-order valence-corrected chi connectivity index (χ2v) is 6.36. The second-order valence-electron chi connectivity index (χ2n) is 6.36. The zero-order valence-electron chi connectivity index (χ0n) is 10.4. The first-order chi connectivity index (χ1) is 8.65. The maximum Gasteiger partial charge on any atom is 0.291 e. The Morgan fingerprint density at radius 1 is 1.06 bits per heavy atom. The van der Waals surface area contributed by atoms with Crippen LogP contribution in [0.2, 0.25) is 0 Å². The van der Waals surface area contributed by atoms with Crippen LogP contribution in [0.1, 0.15) is 38.5 Å². The summed E-state index contributed by atoms with van der Waals surface area (Å²) >= 11 is 0. The van der Waals surface area contributed by atoms with Gasteiger partial charge in [0.1, 0.15) is 0 Å². The monoisotopic (exact) mass is 247 g/mol. The van der Waals surface area contributed by atoms with E-state index in [4.69, 9.17) is 0 Å². The normalized spacial score (nSPS) is 46.3. The molecule has 0 aromatic rings. The Balaban J connectivity index is 1.85. The van der Waals surface area contributed by atoms with E-state index in [1.807, 2.05) is 0 Å². The third-order valence-electron chi connectivity index (χ3n) is 5.86. The zero-order chi connectivity index (χ0) is 12.5. The van der Waals surface area contributed by atoms with Gasteiger partial charge in [-0.25, -0.2) is 0 Å². The molecule has 4 heteroatoms. The van der Waals surface area contributed by atoms with Crippen molar-refractivity contribution < 1.29 is 14.4 Å². The van der Waals surface area contributed by atoms with E-state index >= 15 is 0 Å². The molecule has 2 aliphatic carbocycles. The lowest BCUT2D eigenvalue weighted by Gasteiger charge is -2.56. The van der Waals surface area contributed by atoms with Gasteiger partial charge in [0.05, 0.1) is 6.54 Å². The fourth-order valence-corrected chi connectivity index (χ4v) is 5.07. The maximum atomic E-state index is 12.5. The molecule has 0 radical (unpaired) electrons. The van der Waals surface area contributed by atoms with E-state index in [-0.39, 0.29) is 47.3 Å². The number of carbonyl (C=O) groups is 3. The van der Waals surface area contributed by atoms with E-state index in [2.05, 4.69) is 0 Å². The van der Waals surface area contributed by atoms with E-state index in [0.29, 0.717) is 0 Å². The first-order valence-corrected chi connectivity index (χ1v) is 7.03. The Bertz CT molecular complexity index is 472. The summed E-state index contributed by atoms with van der Waals surface area (Å²) in [6.45, 7) is 0.197. The van der Waals surface area contributed by atoms with Gasteiger partial charge in [-0.05, 0) is 31.6 Å². The molecule has 0 aromatic heterocycles. The molecule has 0 spiro atoms. The van der Waals surface area contributed by atoms with Crippen molar-refractivity contribution in [1.82, 2.24) is 4.90 Å². The standard InChI is InChI=1S/C14H17NO3/c16-10-7-15-11-8(12(17)13(15)18)4-6-14(10)5-2-1-3-9(11)14/h8-9,11H,1-7H2/t8-,9+,11-,14+/m0/s1. The number of hydrogen-bond donors (Lipinski definition) is 0. The van der Waals surface area contributed by atoms with Crippen LogP contribution in [0.5, 0.6) is 0 Å². The van der Waals surface area contributed by atoms with Crippen LogP contribution in [-0.2, 0) is 14.4 Å². The summed E-state index contributed by atoms with van der Waals surface area (Å²) in [6, 6.07) is 0.0525. The lowest BCUT2D eigenvalue weighted by molar-refractivity contribution is -0.158. The van der Waals surface area contributed by atoms with Crippen LogP contribution in [0.4, 0.5) is 0 Å². The molecule has 4 aliphatic rings. The summed E-state index contributed by atoms with van der Waals surface area (Å²) in [4.78, 5) is 38.1. The minimum atomic E-state index is -0.389. The second kappa shape index (κ2) is 3.22. The number of amides is 1. The first kappa shape index (κ1) is 10.7. The number of ketones is 2. The molecule has 0 aromatic carbocycles. The van der Waals surface area contributed by atoms with Gasteiger partial charge in [0.25, 0.3) is 5.91 Å². The van der Waals surface area contributed by atoms with Crippen LogP contribution < -0.4 is 0 Å². The number of piperidine rings is 1.